The summed E-state index contributed by atoms with van der Waals surface area (Å²) < 4.78 is 6.90. The minimum Gasteiger partial charge on any atom is -0.492 e. The van der Waals surface area contributed by atoms with Crippen LogP contribution in [0.25, 0.3) is 0 Å². The maximum Gasteiger partial charge on any atom is 0.119 e. The van der Waals surface area contributed by atoms with Crippen molar-refractivity contribution in [2.24, 2.45) is 5.92 Å². The van der Waals surface area contributed by atoms with Crippen molar-refractivity contribution in [2.45, 2.75) is 26.3 Å². The van der Waals surface area contributed by atoms with Gasteiger partial charge < -0.3 is 10.1 Å². The zero-order valence-electron chi connectivity index (χ0n) is 12.4. The summed E-state index contributed by atoms with van der Waals surface area (Å²) in [6.45, 7) is 9.76. The molecule has 4 heteroatoms. The minimum absolute atomic E-state index is 0.602. The molecule has 0 amide bonds. The highest BCUT2D eigenvalue weighted by atomic mass is 79.9. The number of rotatable bonds is 5. The normalized spacial score (nSPS) is 20.9. The lowest BCUT2D eigenvalue weighted by molar-refractivity contribution is 0.196. The average molecular weight is 341 g/mol. The Kier molecular flexibility index (Phi) is 6.33. The van der Waals surface area contributed by atoms with Gasteiger partial charge in [-0.3, -0.25) is 4.90 Å². The van der Waals surface area contributed by atoms with Gasteiger partial charge in [-0.25, -0.2) is 0 Å². The average Bonchev–Trinajstić information content (AvgIpc) is 2.67. The van der Waals surface area contributed by atoms with Crippen LogP contribution in [0.15, 0.2) is 28.7 Å². The predicted molar refractivity (Wildman–Crippen MR) is 87.3 cm³/mol. The standard InChI is InChI=1S/C16H25BrN2O/c1-13(2)16-12-19(9-3-8-18-16)10-11-20-15-6-4-14(17)5-7-15/h4-7,13,16,18H,3,8-12H2,1-2H3. The highest BCUT2D eigenvalue weighted by Gasteiger charge is 2.19. The molecule has 112 valence electrons. The summed E-state index contributed by atoms with van der Waals surface area (Å²) in [7, 11) is 0. The molecule has 20 heavy (non-hydrogen) atoms. The molecule has 1 saturated heterocycles. The van der Waals surface area contributed by atoms with E-state index >= 15 is 0 Å². The lowest BCUT2D eigenvalue weighted by Crippen LogP contribution is -2.42. The van der Waals surface area contributed by atoms with Crippen LogP contribution in [0.2, 0.25) is 0 Å². The van der Waals surface area contributed by atoms with Crippen molar-refractivity contribution in [2.75, 3.05) is 32.8 Å². The van der Waals surface area contributed by atoms with Crippen LogP contribution in [0.4, 0.5) is 0 Å². The second kappa shape index (κ2) is 8.01. The fourth-order valence-corrected chi connectivity index (χ4v) is 2.76. The molecule has 0 saturated carbocycles. The predicted octanol–water partition coefficient (Wildman–Crippen LogP) is 3.15. The molecule has 1 heterocycles. The van der Waals surface area contributed by atoms with Gasteiger partial charge in [0.15, 0.2) is 0 Å². The van der Waals surface area contributed by atoms with Gasteiger partial charge in [0.05, 0.1) is 0 Å². The van der Waals surface area contributed by atoms with E-state index in [0.29, 0.717) is 12.0 Å². The van der Waals surface area contributed by atoms with Crippen molar-refractivity contribution in [1.29, 1.82) is 0 Å². The molecule has 1 N–H and O–H groups in total. The van der Waals surface area contributed by atoms with E-state index in [-0.39, 0.29) is 0 Å². The molecule has 1 atom stereocenters. The zero-order chi connectivity index (χ0) is 14.4. The second-order valence-corrected chi connectivity index (χ2v) is 6.68. The van der Waals surface area contributed by atoms with Crippen LogP contribution in [0, 0.1) is 5.92 Å². The molecule has 1 aliphatic rings. The van der Waals surface area contributed by atoms with Crippen LogP contribution in [0.1, 0.15) is 20.3 Å². The molecule has 0 bridgehead atoms. The van der Waals surface area contributed by atoms with E-state index in [0.717, 1.165) is 36.5 Å². The number of nitrogens with one attached hydrogen (secondary N) is 1. The molecule has 0 aromatic heterocycles. The quantitative estimate of drug-likeness (QED) is 0.890. The Bertz CT molecular complexity index is 394. The van der Waals surface area contributed by atoms with E-state index in [1.807, 2.05) is 24.3 Å². The molecule has 0 spiro atoms. The molecule has 2 rings (SSSR count). The van der Waals surface area contributed by atoms with E-state index in [9.17, 15) is 0 Å². The smallest absolute Gasteiger partial charge is 0.119 e. The summed E-state index contributed by atoms with van der Waals surface area (Å²) >= 11 is 3.43. The molecule has 1 unspecified atom stereocenters. The highest BCUT2D eigenvalue weighted by Crippen LogP contribution is 2.16. The van der Waals surface area contributed by atoms with Crippen LogP contribution < -0.4 is 10.1 Å². The monoisotopic (exact) mass is 340 g/mol. The molecule has 0 radical (unpaired) electrons. The van der Waals surface area contributed by atoms with E-state index in [1.165, 1.54) is 13.0 Å². The third-order valence-electron chi connectivity index (χ3n) is 3.81. The van der Waals surface area contributed by atoms with Gasteiger partial charge >= 0.3 is 0 Å². The Morgan fingerprint density at radius 3 is 2.80 bits per heavy atom. The fraction of sp³-hybridized carbons (Fsp3) is 0.625. The van der Waals surface area contributed by atoms with Gasteiger partial charge in [0.25, 0.3) is 0 Å². The molecule has 1 aliphatic heterocycles. The Morgan fingerprint density at radius 1 is 1.35 bits per heavy atom. The molecule has 1 aromatic carbocycles. The number of halogens is 1. The van der Waals surface area contributed by atoms with Crippen LogP contribution in [0.3, 0.4) is 0 Å². The first kappa shape index (κ1) is 15.8. The maximum absolute atomic E-state index is 5.82. The topological polar surface area (TPSA) is 24.5 Å². The lowest BCUT2D eigenvalue weighted by atomic mass is 10.0. The third-order valence-corrected chi connectivity index (χ3v) is 4.34. The van der Waals surface area contributed by atoms with E-state index in [2.05, 4.69) is 40.0 Å². The minimum atomic E-state index is 0.602. The van der Waals surface area contributed by atoms with E-state index in [4.69, 9.17) is 4.74 Å². The van der Waals surface area contributed by atoms with Crippen LogP contribution in [-0.4, -0.2) is 43.7 Å². The summed E-state index contributed by atoms with van der Waals surface area (Å²) in [6.07, 6.45) is 1.22. The van der Waals surface area contributed by atoms with Crippen molar-refractivity contribution in [1.82, 2.24) is 10.2 Å². The summed E-state index contributed by atoms with van der Waals surface area (Å²) in [5, 5.41) is 3.64. The van der Waals surface area contributed by atoms with Gasteiger partial charge in [-0.2, -0.15) is 0 Å². The number of hydrogen-bond donors (Lipinski definition) is 1. The van der Waals surface area contributed by atoms with Gasteiger partial charge in [-0.15, -0.1) is 0 Å². The molecular formula is C16H25BrN2O. The van der Waals surface area contributed by atoms with Gasteiger partial charge in [0.1, 0.15) is 12.4 Å². The first-order chi connectivity index (χ1) is 9.65. The SMILES string of the molecule is CC(C)C1CN(CCOc2ccc(Br)cc2)CCCN1. The summed E-state index contributed by atoms with van der Waals surface area (Å²) in [4.78, 5) is 2.52. The van der Waals surface area contributed by atoms with Crippen molar-refractivity contribution < 1.29 is 4.74 Å². The van der Waals surface area contributed by atoms with Crippen molar-refractivity contribution >= 4 is 15.9 Å². The summed E-state index contributed by atoms with van der Waals surface area (Å²) in [5.74, 6) is 1.63. The van der Waals surface area contributed by atoms with Crippen LogP contribution in [0.5, 0.6) is 5.75 Å². The zero-order valence-corrected chi connectivity index (χ0v) is 14.0. The molecule has 0 aliphatic carbocycles. The molecule has 1 aromatic rings. The molecular weight excluding hydrogens is 316 g/mol. The van der Waals surface area contributed by atoms with Crippen molar-refractivity contribution in [3.05, 3.63) is 28.7 Å². The summed E-state index contributed by atoms with van der Waals surface area (Å²) in [6, 6.07) is 8.64. The highest BCUT2D eigenvalue weighted by molar-refractivity contribution is 9.10. The van der Waals surface area contributed by atoms with Crippen molar-refractivity contribution in [3.8, 4) is 5.75 Å². The number of nitrogens with zero attached hydrogens (tertiary/aromatic N) is 1. The van der Waals surface area contributed by atoms with E-state index < -0.39 is 0 Å². The first-order valence-corrected chi connectivity index (χ1v) is 8.28. The number of ether oxygens (including phenoxy) is 1. The van der Waals surface area contributed by atoms with Gasteiger partial charge in [-0.05, 0) is 49.7 Å². The van der Waals surface area contributed by atoms with Crippen LogP contribution in [-0.2, 0) is 0 Å². The van der Waals surface area contributed by atoms with Gasteiger partial charge in [-0.1, -0.05) is 29.8 Å². The Morgan fingerprint density at radius 2 is 2.10 bits per heavy atom. The fourth-order valence-electron chi connectivity index (χ4n) is 2.50. The van der Waals surface area contributed by atoms with Crippen LogP contribution >= 0.6 is 15.9 Å². The lowest BCUT2D eigenvalue weighted by Gasteiger charge is -2.26. The Balaban J connectivity index is 1.76. The largest absolute Gasteiger partial charge is 0.492 e. The third kappa shape index (κ3) is 5.08. The number of benzene rings is 1. The number of hydrogen-bond acceptors (Lipinski definition) is 3. The Labute approximate surface area is 130 Å². The van der Waals surface area contributed by atoms with Gasteiger partial charge in [0, 0.05) is 23.6 Å². The first-order valence-electron chi connectivity index (χ1n) is 7.49. The molecule has 3 nitrogen and oxygen atoms in total. The van der Waals surface area contributed by atoms with Gasteiger partial charge in [0.2, 0.25) is 0 Å². The van der Waals surface area contributed by atoms with E-state index in [1.54, 1.807) is 0 Å². The Hall–Kier alpha value is -0.580. The maximum atomic E-state index is 5.82. The molecule has 1 fully saturated rings. The second-order valence-electron chi connectivity index (χ2n) is 5.76. The summed E-state index contributed by atoms with van der Waals surface area (Å²) in [5.41, 5.74) is 0. The van der Waals surface area contributed by atoms with Crippen molar-refractivity contribution in [3.63, 3.8) is 0 Å².